The second kappa shape index (κ2) is 9.90. The number of rotatable bonds is 7. The van der Waals surface area contributed by atoms with Crippen LogP contribution in [0.25, 0.3) is 0 Å². The summed E-state index contributed by atoms with van der Waals surface area (Å²) >= 11 is 0. The molecule has 3 N–H and O–H groups in total. The highest BCUT2D eigenvalue weighted by atomic mass is 35.5. The molecule has 1 saturated carbocycles. The van der Waals surface area contributed by atoms with E-state index in [0.29, 0.717) is 12.5 Å². The molecule has 3 unspecified atom stereocenters. The number of hydrogen-bond acceptors (Lipinski definition) is 3. The molecule has 2 rings (SSSR count). The third-order valence-corrected chi connectivity index (χ3v) is 4.46. The zero-order valence-electron chi connectivity index (χ0n) is 15.0. The van der Waals surface area contributed by atoms with Gasteiger partial charge in [0.2, 0.25) is 5.91 Å². The number of amides is 1. The maximum Gasteiger partial charge on any atom is 0.223 e. The van der Waals surface area contributed by atoms with E-state index in [9.17, 15) is 4.79 Å². The quantitative estimate of drug-likeness (QED) is 0.781. The first kappa shape index (κ1) is 20.8. The van der Waals surface area contributed by atoms with Crippen molar-refractivity contribution in [3.05, 3.63) is 29.8 Å². The highest BCUT2D eigenvalue weighted by Gasteiger charge is 2.30. The Kier molecular flexibility index (Phi) is 8.57. The van der Waals surface area contributed by atoms with Gasteiger partial charge in [0.15, 0.2) is 0 Å². The molecule has 24 heavy (non-hydrogen) atoms. The first-order valence-electron chi connectivity index (χ1n) is 8.78. The molecule has 0 heterocycles. The van der Waals surface area contributed by atoms with E-state index < -0.39 is 0 Å². The van der Waals surface area contributed by atoms with E-state index in [4.69, 9.17) is 10.5 Å². The largest absolute Gasteiger partial charge is 0.494 e. The molecule has 1 amide bonds. The van der Waals surface area contributed by atoms with Gasteiger partial charge in [-0.3, -0.25) is 4.79 Å². The van der Waals surface area contributed by atoms with Crippen molar-refractivity contribution < 1.29 is 9.53 Å². The lowest BCUT2D eigenvalue weighted by Crippen LogP contribution is -2.34. The number of nitrogens with two attached hydrogens (primary N) is 1. The molecule has 136 valence electrons. The van der Waals surface area contributed by atoms with E-state index >= 15 is 0 Å². The second-order valence-corrected chi connectivity index (χ2v) is 6.93. The van der Waals surface area contributed by atoms with Crippen LogP contribution in [-0.4, -0.2) is 18.6 Å². The molecule has 1 aliphatic carbocycles. The van der Waals surface area contributed by atoms with Crippen LogP contribution < -0.4 is 15.8 Å². The molecule has 5 heteroatoms. The van der Waals surface area contributed by atoms with E-state index in [0.717, 1.165) is 37.0 Å². The molecule has 0 spiro atoms. The lowest BCUT2D eigenvalue weighted by molar-refractivity contribution is -0.125. The van der Waals surface area contributed by atoms with Crippen LogP contribution in [0, 0.1) is 11.8 Å². The maximum atomic E-state index is 12.6. The van der Waals surface area contributed by atoms with Crippen molar-refractivity contribution in [1.29, 1.82) is 0 Å². The lowest BCUT2D eigenvalue weighted by atomic mass is 9.95. The SMILES string of the molecule is CCOc1ccccc1C(CC(C)C)NC(=O)C1CCC(N)C1.Cl. The zero-order valence-corrected chi connectivity index (χ0v) is 15.8. The number of carbonyl (C=O) groups excluding carboxylic acids is 1. The van der Waals surface area contributed by atoms with Gasteiger partial charge in [0, 0.05) is 17.5 Å². The summed E-state index contributed by atoms with van der Waals surface area (Å²) < 4.78 is 5.75. The van der Waals surface area contributed by atoms with Crippen LogP contribution in [0.15, 0.2) is 24.3 Å². The van der Waals surface area contributed by atoms with E-state index in [1.54, 1.807) is 0 Å². The summed E-state index contributed by atoms with van der Waals surface area (Å²) in [6.45, 7) is 6.95. The van der Waals surface area contributed by atoms with Crippen LogP contribution in [0.3, 0.4) is 0 Å². The predicted octanol–water partition coefficient (Wildman–Crippen LogP) is 3.84. The molecule has 0 aliphatic heterocycles. The van der Waals surface area contributed by atoms with Crippen molar-refractivity contribution in [2.24, 2.45) is 17.6 Å². The van der Waals surface area contributed by atoms with Crippen LogP contribution in [-0.2, 0) is 4.79 Å². The van der Waals surface area contributed by atoms with Crippen LogP contribution in [0.1, 0.15) is 58.1 Å². The molecule has 0 radical (unpaired) electrons. The number of ether oxygens (including phenoxy) is 1. The predicted molar refractivity (Wildman–Crippen MR) is 101 cm³/mol. The van der Waals surface area contributed by atoms with Gasteiger partial charge in [0.05, 0.1) is 12.6 Å². The van der Waals surface area contributed by atoms with Gasteiger partial charge in [-0.2, -0.15) is 0 Å². The normalized spacial score (nSPS) is 21.2. The summed E-state index contributed by atoms with van der Waals surface area (Å²) in [6, 6.07) is 8.16. The number of nitrogens with one attached hydrogen (secondary N) is 1. The fourth-order valence-electron chi connectivity index (χ4n) is 3.33. The summed E-state index contributed by atoms with van der Waals surface area (Å²) in [7, 11) is 0. The fraction of sp³-hybridized carbons (Fsp3) is 0.632. The van der Waals surface area contributed by atoms with Crippen molar-refractivity contribution in [3.8, 4) is 5.75 Å². The minimum Gasteiger partial charge on any atom is -0.494 e. The van der Waals surface area contributed by atoms with Crippen molar-refractivity contribution in [3.63, 3.8) is 0 Å². The Morgan fingerprint density at radius 3 is 2.62 bits per heavy atom. The van der Waals surface area contributed by atoms with Gasteiger partial charge < -0.3 is 15.8 Å². The van der Waals surface area contributed by atoms with E-state index in [1.165, 1.54) is 0 Å². The summed E-state index contributed by atoms with van der Waals surface area (Å²) in [5, 5.41) is 3.25. The molecule has 0 bridgehead atoms. The van der Waals surface area contributed by atoms with Crippen LogP contribution in [0.2, 0.25) is 0 Å². The molecule has 0 saturated heterocycles. The number of hydrogen-bond donors (Lipinski definition) is 2. The highest BCUT2D eigenvalue weighted by Crippen LogP contribution is 2.31. The van der Waals surface area contributed by atoms with E-state index in [1.807, 2.05) is 25.1 Å². The van der Waals surface area contributed by atoms with Crippen LogP contribution in [0.4, 0.5) is 0 Å². The summed E-state index contributed by atoms with van der Waals surface area (Å²) in [6.07, 6.45) is 3.54. The highest BCUT2D eigenvalue weighted by molar-refractivity contribution is 5.85. The maximum absolute atomic E-state index is 12.6. The molecule has 3 atom stereocenters. The van der Waals surface area contributed by atoms with Gasteiger partial charge in [-0.05, 0) is 44.6 Å². The van der Waals surface area contributed by atoms with Gasteiger partial charge in [0.25, 0.3) is 0 Å². The number of halogens is 1. The van der Waals surface area contributed by atoms with E-state index in [-0.39, 0.29) is 36.3 Å². The minimum absolute atomic E-state index is 0. The third-order valence-electron chi connectivity index (χ3n) is 4.46. The topological polar surface area (TPSA) is 64.3 Å². The lowest BCUT2D eigenvalue weighted by Gasteiger charge is -2.25. The van der Waals surface area contributed by atoms with Gasteiger partial charge in [-0.25, -0.2) is 0 Å². The Hall–Kier alpha value is -1.26. The van der Waals surface area contributed by atoms with E-state index in [2.05, 4.69) is 25.2 Å². The Balaban J connectivity index is 0.00000288. The monoisotopic (exact) mass is 354 g/mol. The molecule has 1 aliphatic rings. The molecule has 1 aromatic rings. The minimum atomic E-state index is -0.0120. The van der Waals surface area contributed by atoms with Gasteiger partial charge >= 0.3 is 0 Å². The molecular formula is C19H31ClN2O2. The number of para-hydroxylation sites is 1. The van der Waals surface area contributed by atoms with Crippen LogP contribution in [0.5, 0.6) is 5.75 Å². The molecule has 1 fully saturated rings. The van der Waals surface area contributed by atoms with Gasteiger partial charge in [-0.1, -0.05) is 32.0 Å². The Morgan fingerprint density at radius 1 is 1.33 bits per heavy atom. The smallest absolute Gasteiger partial charge is 0.223 e. The number of benzene rings is 1. The Bertz CT molecular complexity index is 522. The Labute approximate surface area is 151 Å². The standard InChI is InChI=1S/C19H30N2O2.ClH/c1-4-23-18-8-6-5-7-16(18)17(11-13(2)3)21-19(22)14-9-10-15(20)12-14;/h5-8,13-15,17H,4,9-12,20H2,1-3H3,(H,21,22);1H. The molecule has 4 nitrogen and oxygen atoms in total. The molecular weight excluding hydrogens is 324 g/mol. The van der Waals surface area contributed by atoms with Crippen molar-refractivity contribution in [2.45, 2.75) is 58.5 Å². The average molecular weight is 355 g/mol. The van der Waals surface area contributed by atoms with Crippen molar-refractivity contribution in [1.82, 2.24) is 5.32 Å². The van der Waals surface area contributed by atoms with Gasteiger partial charge in [-0.15, -0.1) is 12.4 Å². The van der Waals surface area contributed by atoms with Crippen molar-refractivity contribution >= 4 is 18.3 Å². The summed E-state index contributed by atoms with van der Waals surface area (Å²) in [5.74, 6) is 1.54. The summed E-state index contributed by atoms with van der Waals surface area (Å²) in [4.78, 5) is 12.6. The fourth-order valence-corrected chi connectivity index (χ4v) is 3.33. The second-order valence-electron chi connectivity index (χ2n) is 6.93. The molecule has 1 aromatic carbocycles. The summed E-state index contributed by atoms with van der Waals surface area (Å²) in [5.41, 5.74) is 7.02. The van der Waals surface area contributed by atoms with Crippen molar-refractivity contribution in [2.75, 3.05) is 6.61 Å². The third kappa shape index (κ3) is 5.67. The van der Waals surface area contributed by atoms with Gasteiger partial charge in [0.1, 0.15) is 5.75 Å². The van der Waals surface area contributed by atoms with Crippen LogP contribution >= 0.6 is 12.4 Å². The first-order chi connectivity index (χ1) is 11.0. The Morgan fingerprint density at radius 2 is 2.04 bits per heavy atom. The molecule has 0 aromatic heterocycles. The zero-order chi connectivity index (χ0) is 16.8. The average Bonchev–Trinajstić information content (AvgIpc) is 2.94. The first-order valence-corrected chi connectivity index (χ1v) is 8.78. The number of carbonyl (C=O) groups is 1.